The Morgan fingerprint density at radius 1 is 1.00 bits per heavy atom. The average Bonchev–Trinajstić information content (AvgIpc) is 2.96. The third-order valence-corrected chi connectivity index (χ3v) is 6.61. The first kappa shape index (κ1) is 19.4. The topological polar surface area (TPSA) is 46.9 Å². The summed E-state index contributed by atoms with van der Waals surface area (Å²) in [5.41, 5.74) is 5.26. The van der Waals surface area contributed by atoms with Crippen LogP contribution < -0.4 is 5.32 Å². The van der Waals surface area contributed by atoms with Gasteiger partial charge < -0.3 is 9.88 Å². The molecule has 5 rings (SSSR count). The molecule has 1 atom stereocenters. The number of hydrogen-bond donors (Lipinski definition) is 1. The van der Waals surface area contributed by atoms with Crippen molar-refractivity contribution in [3.63, 3.8) is 0 Å². The standard InChI is InChI=1S/C25H26ClN3O/c26-19-14-12-18(13-15-19)24-28-23(22-11-2-1-5-16-29(22)24)25(30)27-21-10-6-8-17-7-3-4-9-20(17)21/h3-4,7,9,12-15,21H,1-2,5-6,8,10-11,16H2,(H,27,30)/t21-/m0/s1. The van der Waals surface area contributed by atoms with Crippen LogP contribution in [0.5, 0.6) is 0 Å². The molecule has 1 N–H and O–H groups in total. The number of benzene rings is 2. The van der Waals surface area contributed by atoms with Crippen molar-refractivity contribution in [3.05, 3.63) is 76.1 Å². The van der Waals surface area contributed by atoms with Gasteiger partial charge >= 0.3 is 0 Å². The zero-order valence-corrected chi connectivity index (χ0v) is 17.8. The van der Waals surface area contributed by atoms with Crippen LogP contribution in [0.4, 0.5) is 0 Å². The van der Waals surface area contributed by atoms with Gasteiger partial charge in [-0.3, -0.25) is 4.79 Å². The molecule has 0 spiro atoms. The SMILES string of the molecule is O=C(N[C@H]1CCCc2ccccc21)c1nc(-c2ccc(Cl)cc2)n2c1CCCCC2. The third-order valence-electron chi connectivity index (χ3n) is 6.36. The Balaban J connectivity index is 1.50. The summed E-state index contributed by atoms with van der Waals surface area (Å²) in [7, 11) is 0. The van der Waals surface area contributed by atoms with E-state index in [1.54, 1.807) is 0 Å². The molecule has 1 aromatic heterocycles. The molecule has 0 saturated carbocycles. The van der Waals surface area contributed by atoms with Gasteiger partial charge in [-0.2, -0.15) is 0 Å². The molecule has 2 heterocycles. The maximum Gasteiger partial charge on any atom is 0.272 e. The predicted octanol–water partition coefficient (Wildman–Crippen LogP) is 5.74. The maximum atomic E-state index is 13.4. The molecule has 5 heteroatoms. The van der Waals surface area contributed by atoms with Gasteiger partial charge in [0.05, 0.1) is 11.7 Å². The summed E-state index contributed by atoms with van der Waals surface area (Å²) in [5.74, 6) is 0.820. The molecule has 2 aliphatic rings. The van der Waals surface area contributed by atoms with Gasteiger partial charge in [0.2, 0.25) is 0 Å². The van der Waals surface area contributed by atoms with E-state index in [1.165, 1.54) is 17.5 Å². The van der Waals surface area contributed by atoms with E-state index < -0.39 is 0 Å². The monoisotopic (exact) mass is 419 g/mol. The second kappa shape index (κ2) is 8.27. The first-order valence-corrected chi connectivity index (χ1v) is 11.3. The minimum Gasteiger partial charge on any atom is -0.344 e. The van der Waals surface area contributed by atoms with Gasteiger partial charge in [0.1, 0.15) is 11.5 Å². The Labute approximate surface area is 182 Å². The van der Waals surface area contributed by atoms with E-state index in [0.29, 0.717) is 10.7 Å². The fraction of sp³-hybridized carbons (Fsp3) is 0.360. The molecule has 4 nitrogen and oxygen atoms in total. The first-order valence-electron chi connectivity index (χ1n) is 10.9. The molecule has 0 saturated heterocycles. The molecular weight excluding hydrogens is 394 g/mol. The Bertz CT molecular complexity index is 1070. The molecule has 3 aromatic rings. The summed E-state index contributed by atoms with van der Waals surface area (Å²) in [6.07, 6.45) is 7.44. The van der Waals surface area contributed by atoms with Crippen molar-refractivity contribution in [1.82, 2.24) is 14.9 Å². The number of imidazole rings is 1. The van der Waals surface area contributed by atoms with Crippen molar-refractivity contribution in [2.45, 2.75) is 57.5 Å². The van der Waals surface area contributed by atoms with Crippen LogP contribution in [0.3, 0.4) is 0 Å². The van der Waals surface area contributed by atoms with Crippen LogP contribution in [-0.2, 0) is 19.4 Å². The Hall–Kier alpha value is -2.59. The average molecular weight is 420 g/mol. The van der Waals surface area contributed by atoms with E-state index in [1.807, 2.05) is 24.3 Å². The summed E-state index contributed by atoms with van der Waals surface area (Å²) in [6, 6.07) is 16.3. The molecule has 0 bridgehead atoms. The van der Waals surface area contributed by atoms with E-state index in [0.717, 1.165) is 62.2 Å². The van der Waals surface area contributed by atoms with Crippen LogP contribution in [0.25, 0.3) is 11.4 Å². The molecule has 0 radical (unpaired) electrons. The van der Waals surface area contributed by atoms with Crippen molar-refractivity contribution < 1.29 is 4.79 Å². The normalized spacial score (nSPS) is 18.2. The maximum absolute atomic E-state index is 13.4. The van der Waals surface area contributed by atoms with Crippen LogP contribution in [0, 0.1) is 0 Å². The third kappa shape index (κ3) is 3.65. The Morgan fingerprint density at radius 3 is 2.70 bits per heavy atom. The second-order valence-electron chi connectivity index (χ2n) is 8.32. The zero-order valence-electron chi connectivity index (χ0n) is 17.0. The van der Waals surface area contributed by atoms with Crippen molar-refractivity contribution in [1.29, 1.82) is 0 Å². The summed E-state index contributed by atoms with van der Waals surface area (Å²) >= 11 is 6.08. The highest BCUT2D eigenvalue weighted by atomic mass is 35.5. The highest BCUT2D eigenvalue weighted by Crippen LogP contribution is 2.31. The van der Waals surface area contributed by atoms with Crippen molar-refractivity contribution in [2.24, 2.45) is 0 Å². The molecule has 0 fully saturated rings. The van der Waals surface area contributed by atoms with E-state index in [9.17, 15) is 4.79 Å². The Kier molecular flexibility index (Phi) is 5.34. The van der Waals surface area contributed by atoms with Crippen molar-refractivity contribution in [2.75, 3.05) is 0 Å². The van der Waals surface area contributed by atoms with Crippen LogP contribution in [0.15, 0.2) is 48.5 Å². The molecule has 0 unspecified atom stereocenters. The summed E-state index contributed by atoms with van der Waals surface area (Å²) in [5, 5.41) is 4.00. The number of rotatable bonds is 3. The lowest BCUT2D eigenvalue weighted by Gasteiger charge is -2.26. The second-order valence-corrected chi connectivity index (χ2v) is 8.75. The largest absolute Gasteiger partial charge is 0.344 e. The van der Waals surface area contributed by atoms with Gasteiger partial charge in [0.25, 0.3) is 5.91 Å². The van der Waals surface area contributed by atoms with Crippen molar-refractivity contribution in [3.8, 4) is 11.4 Å². The van der Waals surface area contributed by atoms with Crippen LogP contribution in [0.2, 0.25) is 5.02 Å². The quantitative estimate of drug-likeness (QED) is 0.588. The fourth-order valence-electron chi connectivity index (χ4n) is 4.85. The van der Waals surface area contributed by atoms with Gasteiger partial charge in [0.15, 0.2) is 0 Å². The Morgan fingerprint density at radius 2 is 1.83 bits per heavy atom. The lowest BCUT2D eigenvalue weighted by atomic mass is 9.87. The molecule has 154 valence electrons. The minimum atomic E-state index is -0.0532. The highest BCUT2D eigenvalue weighted by Gasteiger charge is 2.27. The zero-order chi connectivity index (χ0) is 20.5. The molecule has 30 heavy (non-hydrogen) atoms. The summed E-state index contributed by atoms with van der Waals surface area (Å²) in [4.78, 5) is 18.3. The number of amides is 1. The lowest BCUT2D eigenvalue weighted by molar-refractivity contribution is 0.0927. The van der Waals surface area contributed by atoms with E-state index in [4.69, 9.17) is 16.6 Å². The molecule has 1 aliphatic heterocycles. The van der Waals surface area contributed by atoms with Gasteiger partial charge in [-0.25, -0.2) is 4.98 Å². The van der Waals surface area contributed by atoms with E-state index in [-0.39, 0.29) is 11.9 Å². The van der Waals surface area contributed by atoms with Crippen LogP contribution >= 0.6 is 11.6 Å². The smallest absolute Gasteiger partial charge is 0.272 e. The van der Waals surface area contributed by atoms with E-state index >= 15 is 0 Å². The predicted molar refractivity (Wildman–Crippen MR) is 120 cm³/mol. The number of fused-ring (bicyclic) bond motifs is 2. The number of carbonyl (C=O) groups excluding carboxylic acids is 1. The van der Waals surface area contributed by atoms with E-state index in [2.05, 4.69) is 34.1 Å². The molecule has 1 aliphatic carbocycles. The number of halogens is 1. The number of aryl methyl sites for hydroxylation is 1. The summed E-state index contributed by atoms with van der Waals surface area (Å²) in [6.45, 7) is 0.903. The lowest BCUT2D eigenvalue weighted by Crippen LogP contribution is -2.32. The van der Waals surface area contributed by atoms with Crippen LogP contribution in [-0.4, -0.2) is 15.5 Å². The number of nitrogens with one attached hydrogen (secondary N) is 1. The van der Waals surface area contributed by atoms with Gasteiger partial charge in [-0.05, 0) is 73.9 Å². The number of hydrogen-bond acceptors (Lipinski definition) is 2. The summed E-state index contributed by atoms with van der Waals surface area (Å²) < 4.78 is 2.25. The van der Waals surface area contributed by atoms with Crippen LogP contribution in [0.1, 0.15) is 65.5 Å². The fourth-order valence-corrected chi connectivity index (χ4v) is 4.98. The van der Waals surface area contributed by atoms with Gasteiger partial charge in [-0.15, -0.1) is 0 Å². The number of carbonyl (C=O) groups is 1. The number of aromatic nitrogens is 2. The minimum absolute atomic E-state index is 0.0532. The number of nitrogens with zero attached hydrogens (tertiary/aromatic N) is 2. The van der Waals surface area contributed by atoms with Gasteiger partial charge in [0, 0.05) is 17.1 Å². The molecule has 2 aromatic carbocycles. The first-order chi connectivity index (χ1) is 14.7. The highest BCUT2D eigenvalue weighted by molar-refractivity contribution is 6.30. The molecule has 1 amide bonds. The molecular formula is C25H26ClN3O. The van der Waals surface area contributed by atoms with Gasteiger partial charge in [-0.1, -0.05) is 42.3 Å². The van der Waals surface area contributed by atoms with Crippen molar-refractivity contribution >= 4 is 17.5 Å².